The second kappa shape index (κ2) is 9.73. The summed E-state index contributed by atoms with van der Waals surface area (Å²) in [7, 11) is -3.44. The molecule has 1 saturated carbocycles. The minimum Gasteiger partial charge on any atom is -0.490 e. The molecular weight excluding hydrogens is 374 g/mol. The molecule has 0 heterocycles. The van der Waals surface area contributed by atoms with E-state index in [9.17, 15) is 13.2 Å². The van der Waals surface area contributed by atoms with E-state index in [-0.39, 0.29) is 11.9 Å². The fourth-order valence-corrected chi connectivity index (χ4v) is 4.66. The van der Waals surface area contributed by atoms with Crippen LogP contribution in [0.15, 0.2) is 54.6 Å². The first-order valence-corrected chi connectivity index (χ1v) is 11.6. The molecule has 0 saturated heterocycles. The van der Waals surface area contributed by atoms with Crippen LogP contribution in [0.25, 0.3) is 0 Å². The predicted octanol–water partition coefficient (Wildman–Crippen LogP) is 3.99. The molecule has 0 aromatic heterocycles. The first kappa shape index (κ1) is 20.4. The second-order valence-corrected chi connectivity index (χ2v) is 9.47. The Labute approximate surface area is 167 Å². The maximum Gasteiger partial charge on any atom is 0.239 e. The molecule has 0 unspecified atom stereocenters. The summed E-state index contributed by atoms with van der Waals surface area (Å²) in [6.45, 7) is 0. The quantitative estimate of drug-likeness (QED) is 0.689. The molecule has 2 aromatic carbocycles. The number of ether oxygens (including phenoxy) is 1. The standard InChI is InChI=1S/C22H27NO4S/c24-22(17-28(25,26)15-7-10-18-8-2-1-3-9-18)23-19-11-6-14-21(16-19)27-20-12-4-5-13-20/h1-3,6,8-9,11,14,16,20H,4-5,7,10,12-13,15,17H2,(H,23,24). The number of carbonyl (C=O) groups is 1. The highest BCUT2D eigenvalue weighted by Crippen LogP contribution is 2.25. The lowest BCUT2D eigenvalue weighted by Gasteiger charge is -2.14. The monoisotopic (exact) mass is 401 g/mol. The lowest BCUT2D eigenvalue weighted by atomic mass is 10.1. The van der Waals surface area contributed by atoms with E-state index < -0.39 is 21.5 Å². The van der Waals surface area contributed by atoms with Crippen LogP contribution < -0.4 is 10.1 Å². The van der Waals surface area contributed by atoms with Gasteiger partial charge in [-0.15, -0.1) is 0 Å². The average Bonchev–Trinajstić information content (AvgIpc) is 3.15. The Morgan fingerprint density at radius 2 is 1.79 bits per heavy atom. The van der Waals surface area contributed by atoms with Gasteiger partial charge in [-0.2, -0.15) is 0 Å². The highest BCUT2D eigenvalue weighted by atomic mass is 32.2. The number of carbonyl (C=O) groups excluding carboxylic acids is 1. The number of sulfone groups is 1. The molecule has 1 aliphatic rings. The van der Waals surface area contributed by atoms with Crippen LogP contribution in [0.2, 0.25) is 0 Å². The highest BCUT2D eigenvalue weighted by Gasteiger charge is 2.18. The smallest absolute Gasteiger partial charge is 0.239 e. The number of nitrogens with one attached hydrogen (secondary N) is 1. The third-order valence-electron chi connectivity index (χ3n) is 4.84. The van der Waals surface area contributed by atoms with Gasteiger partial charge in [-0.1, -0.05) is 36.4 Å². The SMILES string of the molecule is O=C(CS(=O)(=O)CCCc1ccccc1)Nc1cccc(OC2CCCC2)c1. The topological polar surface area (TPSA) is 72.5 Å². The van der Waals surface area contributed by atoms with E-state index in [2.05, 4.69) is 5.32 Å². The van der Waals surface area contributed by atoms with Crippen LogP contribution in [0.1, 0.15) is 37.7 Å². The molecule has 0 spiro atoms. The number of hydrogen-bond donors (Lipinski definition) is 1. The average molecular weight is 402 g/mol. The van der Waals surface area contributed by atoms with E-state index in [1.807, 2.05) is 36.4 Å². The Hall–Kier alpha value is -2.34. The van der Waals surface area contributed by atoms with Crippen LogP contribution in [-0.4, -0.2) is 31.9 Å². The number of hydrogen-bond acceptors (Lipinski definition) is 4. The van der Waals surface area contributed by atoms with E-state index in [1.165, 1.54) is 12.8 Å². The van der Waals surface area contributed by atoms with Crippen molar-refractivity contribution >= 4 is 21.4 Å². The van der Waals surface area contributed by atoms with Gasteiger partial charge < -0.3 is 10.1 Å². The van der Waals surface area contributed by atoms with Gasteiger partial charge in [-0.3, -0.25) is 4.79 Å². The van der Waals surface area contributed by atoms with Gasteiger partial charge in [0.2, 0.25) is 5.91 Å². The zero-order chi connectivity index (χ0) is 19.8. The Balaban J connectivity index is 1.47. The molecule has 0 aliphatic heterocycles. The zero-order valence-electron chi connectivity index (χ0n) is 16.0. The zero-order valence-corrected chi connectivity index (χ0v) is 16.8. The first-order chi connectivity index (χ1) is 13.5. The fourth-order valence-electron chi connectivity index (χ4n) is 3.46. The summed E-state index contributed by atoms with van der Waals surface area (Å²) in [5.74, 6) is -0.316. The summed E-state index contributed by atoms with van der Waals surface area (Å²) < 4.78 is 30.4. The number of rotatable bonds is 9. The summed E-state index contributed by atoms with van der Waals surface area (Å²) >= 11 is 0. The summed E-state index contributed by atoms with van der Waals surface area (Å²) in [6, 6.07) is 16.9. The van der Waals surface area contributed by atoms with Gasteiger partial charge in [-0.05, 0) is 56.2 Å². The Morgan fingerprint density at radius 3 is 2.54 bits per heavy atom. The molecule has 150 valence electrons. The summed E-state index contributed by atoms with van der Waals surface area (Å²) in [4.78, 5) is 12.2. The van der Waals surface area contributed by atoms with Crippen molar-refractivity contribution in [3.05, 3.63) is 60.2 Å². The number of amides is 1. The van der Waals surface area contributed by atoms with E-state index in [1.54, 1.807) is 18.2 Å². The molecule has 1 fully saturated rings. The van der Waals surface area contributed by atoms with Crippen molar-refractivity contribution in [1.82, 2.24) is 0 Å². The Morgan fingerprint density at radius 1 is 1.04 bits per heavy atom. The molecule has 1 N–H and O–H groups in total. The number of aryl methyl sites for hydroxylation is 1. The van der Waals surface area contributed by atoms with Crippen molar-refractivity contribution in [3.63, 3.8) is 0 Å². The normalized spacial score (nSPS) is 14.7. The third-order valence-corrected chi connectivity index (χ3v) is 6.45. The van der Waals surface area contributed by atoms with Crippen molar-refractivity contribution in [2.75, 3.05) is 16.8 Å². The van der Waals surface area contributed by atoms with Gasteiger partial charge in [0.05, 0.1) is 11.9 Å². The minimum atomic E-state index is -3.44. The first-order valence-electron chi connectivity index (χ1n) is 9.81. The van der Waals surface area contributed by atoms with Crippen LogP contribution in [0.4, 0.5) is 5.69 Å². The number of anilines is 1. The van der Waals surface area contributed by atoms with Gasteiger partial charge in [-0.25, -0.2) is 8.42 Å². The second-order valence-electron chi connectivity index (χ2n) is 7.28. The maximum atomic E-state index is 12.2. The summed E-state index contributed by atoms with van der Waals surface area (Å²) in [6.07, 6.45) is 5.89. The molecule has 28 heavy (non-hydrogen) atoms. The molecule has 1 amide bonds. The van der Waals surface area contributed by atoms with E-state index >= 15 is 0 Å². The molecule has 3 rings (SSSR count). The van der Waals surface area contributed by atoms with Gasteiger partial charge >= 0.3 is 0 Å². The van der Waals surface area contributed by atoms with Gasteiger partial charge in [0.15, 0.2) is 9.84 Å². The molecule has 0 bridgehead atoms. The van der Waals surface area contributed by atoms with Crippen molar-refractivity contribution < 1.29 is 17.9 Å². The molecule has 0 atom stereocenters. The molecule has 6 heteroatoms. The molecule has 5 nitrogen and oxygen atoms in total. The third kappa shape index (κ3) is 6.68. The lowest BCUT2D eigenvalue weighted by Crippen LogP contribution is -2.25. The minimum absolute atomic E-state index is 0.000144. The maximum absolute atomic E-state index is 12.2. The van der Waals surface area contributed by atoms with Gasteiger partial charge in [0, 0.05) is 11.8 Å². The summed E-state index contributed by atoms with van der Waals surface area (Å²) in [5, 5.41) is 2.67. The van der Waals surface area contributed by atoms with Crippen molar-refractivity contribution in [2.24, 2.45) is 0 Å². The van der Waals surface area contributed by atoms with E-state index in [0.29, 0.717) is 24.3 Å². The Kier molecular flexibility index (Phi) is 7.09. The van der Waals surface area contributed by atoms with Crippen LogP contribution in [0.3, 0.4) is 0 Å². The van der Waals surface area contributed by atoms with Crippen molar-refractivity contribution in [3.8, 4) is 5.75 Å². The fraction of sp³-hybridized carbons (Fsp3) is 0.409. The van der Waals surface area contributed by atoms with Crippen LogP contribution in [0, 0.1) is 0 Å². The van der Waals surface area contributed by atoms with Crippen LogP contribution in [-0.2, 0) is 21.1 Å². The van der Waals surface area contributed by atoms with Crippen molar-refractivity contribution in [2.45, 2.75) is 44.6 Å². The van der Waals surface area contributed by atoms with Crippen LogP contribution in [0.5, 0.6) is 5.75 Å². The van der Waals surface area contributed by atoms with Gasteiger partial charge in [0.1, 0.15) is 11.5 Å². The molecular formula is C22H27NO4S. The van der Waals surface area contributed by atoms with Crippen molar-refractivity contribution in [1.29, 1.82) is 0 Å². The Bertz CT molecular complexity index is 874. The largest absolute Gasteiger partial charge is 0.490 e. The number of benzene rings is 2. The van der Waals surface area contributed by atoms with Crippen LogP contribution >= 0.6 is 0 Å². The molecule has 2 aromatic rings. The van der Waals surface area contributed by atoms with Gasteiger partial charge in [0.25, 0.3) is 0 Å². The summed E-state index contributed by atoms with van der Waals surface area (Å²) in [5.41, 5.74) is 1.65. The van der Waals surface area contributed by atoms with E-state index in [4.69, 9.17) is 4.74 Å². The highest BCUT2D eigenvalue weighted by molar-refractivity contribution is 7.92. The lowest BCUT2D eigenvalue weighted by molar-refractivity contribution is -0.113. The predicted molar refractivity (Wildman–Crippen MR) is 111 cm³/mol. The van der Waals surface area contributed by atoms with E-state index in [0.717, 1.165) is 18.4 Å². The molecule has 0 radical (unpaired) electrons. The molecule has 1 aliphatic carbocycles.